The standard InChI is InChI=1S/C24H28N2O3/c1-24(2)23(28)26(16-17-9-5-3-6-10-17)20-15-18(13-14-21(20)29-24)22(27)25-19-11-7-4-8-12-19/h3,5-6,9-10,13-15,19H,4,7-8,11-12,16H2,1-2H3,(H,25,27). The molecule has 29 heavy (non-hydrogen) atoms. The van der Waals surface area contributed by atoms with Gasteiger partial charge in [0.05, 0.1) is 12.2 Å². The maximum atomic E-state index is 13.1. The molecule has 0 radical (unpaired) electrons. The average Bonchev–Trinajstić information content (AvgIpc) is 2.72. The summed E-state index contributed by atoms with van der Waals surface area (Å²) in [5, 5.41) is 3.15. The number of fused-ring (bicyclic) bond motifs is 1. The van der Waals surface area contributed by atoms with E-state index in [4.69, 9.17) is 4.74 Å². The van der Waals surface area contributed by atoms with Crippen molar-refractivity contribution in [3.63, 3.8) is 0 Å². The van der Waals surface area contributed by atoms with Gasteiger partial charge in [0, 0.05) is 11.6 Å². The Labute approximate surface area is 172 Å². The number of rotatable bonds is 4. The molecule has 1 aliphatic heterocycles. The topological polar surface area (TPSA) is 58.6 Å². The van der Waals surface area contributed by atoms with Crippen LogP contribution >= 0.6 is 0 Å². The molecule has 0 spiro atoms. The second kappa shape index (κ2) is 7.90. The van der Waals surface area contributed by atoms with Crippen molar-refractivity contribution in [2.24, 2.45) is 0 Å². The largest absolute Gasteiger partial charge is 0.476 e. The zero-order valence-electron chi connectivity index (χ0n) is 17.1. The number of nitrogens with one attached hydrogen (secondary N) is 1. The van der Waals surface area contributed by atoms with Crippen LogP contribution in [0.5, 0.6) is 5.75 Å². The van der Waals surface area contributed by atoms with Gasteiger partial charge >= 0.3 is 0 Å². The fourth-order valence-electron chi connectivity index (χ4n) is 4.15. The van der Waals surface area contributed by atoms with Gasteiger partial charge in [-0.2, -0.15) is 0 Å². The smallest absolute Gasteiger partial charge is 0.271 e. The van der Waals surface area contributed by atoms with E-state index >= 15 is 0 Å². The maximum absolute atomic E-state index is 13.1. The first-order valence-corrected chi connectivity index (χ1v) is 10.4. The van der Waals surface area contributed by atoms with Crippen molar-refractivity contribution < 1.29 is 14.3 Å². The van der Waals surface area contributed by atoms with Crippen LogP contribution in [-0.4, -0.2) is 23.5 Å². The van der Waals surface area contributed by atoms with Crippen molar-refractivity contribution in [2.75, 3.05) is 4.90 Å². The first-order chi connectivity index (χ1) is 13.9. The highest BCUT2D eigenvalue weighted by Crippen LogP contribution is 2.39. The number of amides is 2. The van der Waals surface area contributed by atoms with E-state index in [1.807, 2.05) is 30.3 Å². The molecule has 0 saturated heterocycles. The zero-order valence-corrected chi connectivity index (χ0v) is 17.1. The van der Waals surface area contributed by atoms with Gasteiger partial charge < -0.3 is 15.0 Å². The second-order valence-corrected chi connectivity index (χ2v) is 8.48. The fourth-order valence-corrected chi connectivity index (χ4v) is 4.15. The molecule has 1 aliphatic carbocycles. The molecule has 2 aromatic rings. The van der Waals surface area contributed by atoms with Crippen LogP contribution in [0.25, 0.3) is 0 Å². The molecule has 2 aliphatic rings. The Morgan fingerprint density at radius 3 is 2.55 bits per heavy atom. The summed E-state index contributed by atoms with van der Waals surface area (Å²) in [5.41, 5.74) is 1.28. The van der Waals surface area contributed by atoms with Gasteiger partial charge in [-0.1, -0.05) is 49.6 Å². The van der Waals surface area contributed by atoms with E-state index in [9.17, 15) is 9.59 Å². The molecule has 2 amide bonds. The number of carbonyl (C=O) groups is 2. The van der Waals surface area contributed by atoms with E-state index in [2.05, 4.69) is 5.32 Å². The maximum Gasteiger partial charge on any atom is 0.271 e. The minimum Gasteiger partial charge on any atom is -0.476 e. The van der Waals surface area contributed by atoms with Crippen LogP contribution in [0.4, 0.5) is 5.69 Å². The predicted octanol–water partition coefficient (Wildman–Crippen LogP) is 4.45. The lowest BCUT2D eigenvalue weighted by molar-refractivity contribution is -0.132. The van der Waals surface area contributed by atoms with Crippen LogP contribution in [0.15, 0.2) is 48.5 Å². The summed E-state index contributed by atoms with van der Waals surface area (Å²) in [4.78, 5) is 27.7. The molecule has 5 nitrogen and oxygen atoms in total. The minimum absolute atomic E-state index is 0.0864. The van der Waals surface area contributed by atoms with Crippen molar-refractivity contribution in [3.8, 4) is 5.75 Å². The van der Waals surface area contributed by atoms with Crippen molar-refractivity contribution >= 4 is 17.5 Å². The van der Waals surface area contributed by atoms with Crippen molar-refractivity contribution in [2.45, 2.75) is 64.1 Å². The van der Waals surface area contributed by atoms with E-state index < -0.39 is 5.60 Å². The zero-order chi connectivity index (χ0) is 20.4. The first-order valence-electron chi connectivity index (χ1n) is 10.4. The molecule has 5 heteroatoms. The van der Waals surface area contributed by atoms with Crippen molar-refractivity contribution in [3.05, 3.63) is 59.7 Å². The molecule has 0 unspecified atom stereocenters. The normalized spacial score (nSPS) is 18.7. The molecule has 1 saturated carbocycles. The summed E-state index contributed by atoms with van der Waals surface area (Å²) in [5.74, 6) is 0.426. The minimum atomic E-state index is -0.951. The van der Waals surface area contributed by atoms with Crippen LogP contribution in [0.3, 0.4) is 0 Å². The fraction of sp³-hybridized carbons (Fsp3) is 0.417. The molecule has 2 aromatic carbocycles. The summed E-state index contributed by atoms with van der Waals surface area (Å²) in [6.07, 6.45) is 5.64. The van der Waals surface area contributed by atoms with E-state index in [0.29, 0.717) is 23.5 Å². The van der Waals surface area contributed by atoms with Crippen LogP contribution in [0.2, 0.25) is 0 Å². The summed E-state index contributed by atoms with van der Waals surface area (Å²) in [7, 11) is 0. The van der Waals surface area contributed by atoms with E-state index in [-0.39, 0.29) is 17.9 Å². The van der Waals surface area contributed by atoms with Crippen LogP contribution < -0.4 is 15.0 Å². The van der Waals surface area contributed by atoms with E-state index in [1.54, 1.807) is 36.9 Å². The van der Waals surface area contributed by atoms with Crippen LogP contribution in [0, 0.1) is 0 Å². The Morgan fingerprint density at radius 2 is 1.83 bits per heavy atom. The summed E-state index contributed by atoms with van der Waals surface area (Å²) >= 11 is 0. The number of ether oxygens (including phenoxy) is 1. The molecule has 152 valence electrons. The molecule has 1 N–H and O–H groups in total. The average molecular weight is 392 g/mol. The van der Waals surface area contributed by atoms with Crippen LogP contribution in [0.1, 0.15) is 61.9 Å². The van der Waals surface area contributed by atoms with Gasteiger partial charge in [-0.25, -0.2) is 0 Å². The lowest BCUT2D eigenvalue weighted by Crippen LogP contribution is -2.52. The molecule has 0 bridgehead atoms. The van der Waals surface area contributed by atoms with Gasteiger partial charge in [0.2, 0.25) is 0 Å². The Hall–Kier alpha value is -2.82. The number of anilines is 1. The number of hydrogen-bond donors (Lipinski definition) is 1. The third-order valence-corrected chi connectivity index (χ3v) is 5.76. The van der Waals surface area contributed by atoms with E-state index in [1.165, 1.54) is 6.42 Å². The Balaban J connectivity index is 1.63. The quantitative estimate of drug-likeness (QED) is 0.836. The molecule has 1 heterocycles. The Kier molecular flexibility index (Phi) is 5.31. The summed E-state index contributed by atoms with van der Waals surface area (Å²) in [6, 6.07) is 15.5. The van der Waals surface area contributed by atoms with Gasteiger partial charge in [-0.15, -0.1) is 0 Å². The van der Waals surface area contributed by atoms with Crippen molar-refractivity contribution in [1.29, 1.82) is 0 Å². The van der Waals surface area contributed by atoms with Crippen LogP contribution in [-0.2, 0) is 11.3 Å². The van der Waals surface area contributed by atoms with Gasteiger partial charge in [0.25, 0.3) is 11.8 Å². The monoisotopic (exact) mass is 392 g/mol. The summed E-state index contributed by atoms with van der Waals surface area (Å²) < 4.78 is 5.96. The lowest BCUT2D eigenvalue weighted by atomic mass is 9.95. The highest BCUT2D eigenvalue weighted by molar-refractivity contribution is 6.04. The molecular weight excluding hydrogens is 364 g/mol. The Bertz CT molecular complexity index is 902. The molecular formula is C24H28N2O3. The highest BCUT2D eigenvalue weighted by Gasteiger charge is 2.41. The summed E-state index contributed by atoms with van der Waals surface area (Å²) in [6.45, 7) is 3.99. The molecule has 1 fully saturated rings. The number of benzene rings is 2. The first kappa shape index (κ1) is 19.5. The van der Waals surface area contributed by atoms with Gasteiger partial charge in [0.1, 0.15) is 5.75 Å². The third-order valence-electron chi connectivity index (χ3n) is 5.76. The van der Waals surface area contributed by atoms with Gasteiger partial charge in [-0.3, -0.25) is 9.59 Å². The predicted molar refractivity (Wildman–Crippen MR) is 113 cm³/mol. The lowest BCUT2D eigenvalue weighted by Gasteiger charge is -2.39. The Morgan fingerprint density at radius 1 is 1.10 bits per heavy atom. The van der Waals surface area contributed by atoms with Crippen molar-refractivity contribution in [1.82, 2.24) is 5.32 Å². The highest BCUT2D eigenvalue weighted by atomic mass is 16.5. The number of hydrogen-bond acceptors (Lipinski definition) is 3. The van der Waals surface area contributed by atoms with E-state index in [0.717, 1.165) is 31.2 Å². The molecule has 0 aromatic heterocycles. The second-order valence-electron chi connectivity index (χ2n) is 8.48. The molecule has 4 rings (SSSR count). The van der Waals surface area contributed by atoms with Gasteiger partial charge in [0.15, 0.2) is 5.60 Å². The number of nitrogens with zero attached hydrogens (tertiary/aromatic N) is 1. The van der Waals surface area contributed by atoms with Gasteiger partial charge in [-0.05, 0) is 50.5 Å². The SMILES string of the molecule is CC1(C)Oc2ccc(C(=O)NC3CCCCC3)cc2N(Cc2ccccc2)C1=O. The number of carbonyl (C=O) groups excluding carboxylic acids is 2. The third kappa shape index (κ3) is 4.14. The molecule has 0 atom stereocenters.